The highest BCUT2D eigenvalue weighted by molar-refractivity contribution is 5.89. The van der Waals surface area contributed by atoms with Crippen molar-refractivity contribution >= 4 is 18.0 Å². The second-order valence-electron chi connectivity index (χ2n) is 8.98. The van der Waals surface area contributed by atoms with Crippen molar-refractivity contribution in [3.63, 3.8) is 0 Å². The molecule has 2 amide bonds. The topological polar surface area (TPSA) is 127 Å². The Morgan fingerprint density at radius 3 is 2.06 bits per heavy atom. The number of alkyl carbamates (subject to hydrolysis) is 1. The third kappa shape index (κ3) is 5.11. The lowest BCUT2D eigenvalue weighted by atomic mass is 10.00. The molecule has 0 aromatic carbocycles. The minimum absolute atomic E-state index is 0.316. The Hall–Kier alpha value is -1.95. The van der Waals surface area contributed by atoms with Crippen molar-refractivity contribution in [1.82, 2.24) is 15.1 Å². The Morgan fingerprint density at radius 1 is 1.00 bits per heavy atom. The molecule has 0 aromatic rings. The zero-order valence-electron chi connectivity index (χ0n) is 18.6. The van der Waals surface area contributed by atoms with Gasteiger partial charge in [-0.15, -0.1) is 0 Å². The molecule has 0 spiro atoms. The fourth-order valence-corrected chi connectivity index (χ4v) is 4.26. The first-order valence-corrected chi connectivity index (χ1v) is 10.6. The van der Waals surface area contributed by atoms with Gasteiger partial charge in [-0.2, -0.15) is 0 Å². The van der Waals surface area contributed by atoms with E-state index in [1.807, 2.05) is 0 Å². The third-order valence-electron chi connectivity index (χ3n) is 5.75. The second-order valence-corrected chi connectivity index (χ2v) is 8.98. The van der Waals surface area contributed by atoms with Gasteiger partial charge in [0.15, 0.2) is 0 Å². The van der Waals surface area contributed by atoms with Crippen LogP contribution in [0.5, 0.6) is 0 Å². The predicted octanol–water partition coefficient (Wildman–Crippen LogP) is -0.822. The number of carbonyl (C=O) groups excluding carboxylic acids is 3. The molecule has 2 N–H and O–H groups in total. The molecule has 11 nitrogen and oxygen atoms in total. The summed E-state index contributed by atoms with van der Waals surface area (Å²) in [5.74, 6) is -2.88. The van der Waals surface area contributed by atoms with Gasteiger partial charge in [0.2, 0.25) is 5.72 Å². The zero-order valence-corrected chi connectivity index (χ0v) is 18.6. The summed E-state index contributed by atoms with van der Waals surface area (Å²) in [6.45, 7) is 7.91. The normalized spacial score (nSPS) is 28.9. The largest absolute Gasteiger partial charge is 0.469 e. The molecule has 3 fully saturated rings. The van der Waals surface area contributed by atoms with E-state index in [4.69, 9.17) is 18.9 Å². The number of hydrogen-bond donors (Lipinski definition) is 2. The summed E-state index contributed by atoms with van der Waals surface area (Å²) in [4.78, 5) is 41.6. The van der Waals surface area contributed by atoms with Gasteiger partial charge in [0.1, 0.15) is 5.60 Å². The summed E-state index contributed by atoms with van der Waals surface area (Å²) < 4.78 is 20.9. The molecule has 2 saturated heterocycles. The maximum Gasteiger partial charge on any atom is 0.407 e. The Kier molecular flexibility index (Phi) is 7.09. The van der Waals surface area contributed by atoms with E-state index < -0.39 is 47.2 Å². The number of ether oxygens (including phenoxy) is 4. The van der Waals surface area contributed by atoms with E-state index >= 15 is 0 Å². The summed E-state index contributed by atoms with van der Waals surface area (Å²) in [5.41, 5.74) is -2.74. The SMILES string of the molecule is COC(=O)[C@@H]1[C@@H](NC(=O)OC(C)(C)C)[C@H]1C(O)(C(=O)N1CCOCC1)N1CCOCC1. The molecule has 31 heavy (non-hydrogen) atoms. The smallest absolute Gasteiger partial charge is 0.407 e. The van der Waals surface area contributed by atoms with Gasteiger partial charge in [-0.25, -0.2) is 4.79 Å². The van der Waals surface area contributed by atoms with E-state index in [-0.39, 0.29) is 0 Å². The lowest BCUT2D eigenvalue weighted by Crippen LogP contribution is -2.65. The zero-order chi connectivity index (χ0) is 22.8. The number of aliphatic hydroxyl groups is 1. The molecule has 3 aliphatic rings. The molecule has 176 valence electrons. The van der Waals surface area contributed by atoms with Crippen LogP contribution >= 0.6 is 0 Å². The monoisotopic (exact) mass is 443 g/mol. The molecule has 2 heterocycles. The Balaban J connectivity index is 1.88. The van der Waals surface area contributed by atoms with E-state index in [1.165, 1.54) is 12.0 Å². The van der Waals surface area contributed by atoms with Gasteiger partial charge in [-0.05, 0) is 20.8 Å². The summed E-state index contributed by atoms with van der Waals surface area (Å²) in [7, 11) is 1.24. The summed E-state index contributed by atoms with van der Waals surface area (Å²) >= 11 is 0. The first kappa shape index (κ1) is 23.7. The van der Waals surface area contributed by atoms with Crippen LogP contribution in [0.2, 0.25) is 0 Å². The minimum Gasteiger partial charge on any atom is -0.469 e. The number of hydrogen-bond acceptors (Lipinski definition) is 9. The van der Waals surface area contributed by atoms with Crippen LogP contribution < -0.4 is 5.32 Å². The number of amides is 2. The molecule has 3 rings (SSSR count). The maximum absolute atomic E-state index is 13.6. The van der Waals surface area contributed by atoms with Crippen LogP contribution in [-0.4, -0.2) is 110 Å². The van der Waals surface area contributed by atoms with Crippen LogP contribution in [0.25, 0.3) is 0 Å². The van der Waals surface area contributed by atoms with Crippen molar-refractivity contribution in [1.29, 1.82) is 0 Å². The first-order valence-electron chi connectivity index (χ1n) is 10.6. The highest BCUT2D eigenvalue weighted by Gasteiger charge is 2.70. The van der Waals surface area contributed by atoms with Crippen molar-refractivity contribution in [2.75, 3.05) is 59.7 Å². The first-order chi connectivity index (χ1) is 14.6. The lowest BCUT2D eigenvalue weighted by molar-refractivity contribution is -0.195. The van der Waals surface area contributed by atoms with E-state index in [2.05, 4.69) is 5.32 Å². The van der Waals surface area contributed by atoms with Crippen LogP contribution in [0.3, 0.4) is 0 Å². The lowest BCUT2D eigenvalue weighted by Gasteiger charge is -2.44. The van der Waals surface area contributed by atoms with Gasteiger partial charge in [0.25, 0.3) is 5.91 Å². The van der Waals surface area contributed by atoms with Crippen LogP contribution in [0.4, 0.5) is 4.79 Å². The van der Waals surface area contributed by atoms with Gasteiger partial charge in [-0.3, -0.25) is 14.5 Å². The van der Waals surface area contributed by atoms with Gasteiger partial charge >= 0.3 is 12.1 Å². The van der Waals surface area contributed by atoms with E-state index in [9.17, 15) is 19.5 Å². The number of rotatable bonds is 5. The van der Waals surface area contributed by atoms with Crippen LogP contribution in [-0.2, 0) is 28.5 Å². The predicted molar refractivity (Wildman–Crippen MR) is 107 cm³/mol. The quantitative estimate of drug-likeness (QED) is 0.524. The van der Waals surface area contributed by atoms with Crippen molar-refractivity contribution in [3.8, 4) is 0 Å². The number of carbonyl (C=O) groups is 3. The van der Waals surface area contributed by atoms with Gasteiger partial charge in [0, 0.05) is 32.1 Å². The van der Waals surface area contributed by atoms with Crippen molar-refractivity contribution in [3.05, 3.63) is 0 Å². The van der Waals surface area contributed by atoms with E-state index in [0.29, 0.717) is 52.6 Å². The Labute approximate surface area is 181 Å². The summed E-state index contributed by atoms with van der Waals surface area (Å²) in [6.07, 6.45) is -0.725. The fourth-order valence-electron chi connectivity index (χ4n) is 4.26. The summed E-state index contributed by atoms with van der Waals surface area (Å²) in [6, 6.07) is -0.805. The molecule has 1 saturated carbocycles. The van der Waals surface area contributed by atoms with Crippen molar-refractivity contribution in [2.45, 2.75) is 38.1 Å². The molecule has 2 aliphatic heterocycles. The van der Waals surface area contributed by atoms with Crippen LogP contribution in [0.15, 0.2) is 0 Å². The highest BCUT2D eigenvalue weighted by atomic mass is 16.6. The molecule has 1 unspecified atom stereocenters. The average Bonchev–Trinajstić information content (AvgIpc) is 3.45. The molecule has 0 aromatic heterocycles. The molecule has 1 aliphatic carbocycles. The van der Waals surface area contributed by atoms with E-state index in [0.717, 1.165) is 0 Å². The average molecular weight is 443 g/mol. The van der Waals surface area contributed by atoms with Gasteiger partial charge in [-0.1, -0.05) is 0 Å². The molecule has 0 bridgehead atoms. The Bertz CT molecular complexity index is 684. The van der Waals surface area contributed by atoms with Crippen molar-refractivity contribution < 1.29 is 38.4 Å². The molecular formula is C20H33N3O8. The molecular weight excluding hydrogens is 410 g/mol. The highest BCUT2D eigenvalue weighted by Crippen LogP contribution is 2.50. The van der Waals surface area contributed by atoms with E-state index in [1.54, 1.807) is 25.7 Å². The number of methoxy groups -OCH3 is 1. The number of morpholine rings is 2. The number of nitrogens with zero attached hydrogens (tertiary/aromatic N) is 2. The standard InChI is InChI=1S/C20H33N3O8/c1-19(2,3)31-18(26)21-15-13(16(24)28-4)14(15)20(27,23-7-11-30-12-8-23)17(25)22-5-9-29-10-6-22/h13-15,27H,5-12H2,1-4H3,(H,21,26)/t13-,14-,15+,20?/m0/s1. The Morgan fingerprint density at radius 2 is 1.55 bits per heavy atom. The molecule has 11 heteroatoms. The summed E-state index contributed by atoms with van der Waals surface area (Å²) in [5, 5.41) is 14.5. The molecule has 4 atom stereocenters. The fraction of sp³-hybridized carbons (Fsp3) is 0.850. The van der Waals surface area contributed by atoms with Crippen LogP contribution in [0, 0.1) is 11.8 Å². The van der Waals surface area contributed by atoms with Crippen molar-refractivity contribution in [2.24, 2.45) is 11.8 Å². The maximum atomic E-state index is 13.6. The number of nitrogens with one attached hydrogen (secondary N) is 1. The minimum atomic E-state index is -2.00. The second kappa shape index (κ2) is 9.27. The number of esters is 1. The third-order valence-corrected chi connectivity index (χ3v) is 5.75. The van der Waals surface area contributed by atoms with Crippen LogP contribution in [0.1, 0.15) is 20.8 Å². The van der Waals surface area contributed by atoms with Gasteiger partial charge < -0.3 is 34.3 Å². The van der Waals surface area contributed by atoms with Gasteiger partial charge in [0.05, 0.1) is 45.5 Å². The molecule has 0 radical (unpaired) electrons.